The van der Waals surface area contributed by atoms with Crippen LogP contribution in [0.2, 0.25) is 0 Å². The lowest BCUT2D eigenvalue weighted by Gasteiger charge is -2.39. The van der Waals surface area contributed by atoms with Gasteiger partial charge in [-0.15, -0.1) is 0 Å². The molecule has 2 rings (SSSR count). The van der Waals surface area contributed by atoms with Gasteiger partial charge in [-0.2, -0.15) is 0 Å². The molecule has 1 aromatic rings. The van der Waals surface area contributed by atoms with Crippen LogP contribution < -0.4 is 4.74 Å². The van der Waals surface area contributed by atoms with Crippen LogP contribution in [0.5, 0.6) is 5.75 Å². The second-order valence-corrected chi connectivity index (χ2v) is 6.11. The highest BCUT2D eigenvalue weighted by Crippen LogP contribution is 2.22. The SMILES string of the molecule is C[C@H]1CCC[C@H](C)N1CCCCOc1ccc(C=O)cc1. The number of ether oxygens (including phenoxy) is 1. The summed E-state index contributed by atoms with van der Waals surface area (Å²) in [5, 5.41) is 0. The summed E-state index contributed by atoms with van der Waals surface area (Å²) in [4.78, 5) is 13.2. The molecule has 0 saturated carbocycles. The molecular formula is C18H27NO2. The summed E-state index contributed by atoms with van der Waals surface area (Å²) in [5.74, 6) is 0.848. The van der Waals surface area contributed by atoms with Crippen molar-refractivity contribution in [2.24, 2.45) is 0 Å². The van der Waals surface area contributed by atoms with Crippen LogP contribution in [0.1, 0.15) is 56.3 Å². The number of nitrogens with zero attached hydrogens (tertiary/aromatic N) is 1. The van der Waals surface area contributed by atoms with E-state index in [1.165, 1.54) is 32.2 Å². The second-order valence-electron chi connectivity index (χ2n) is 6.11. The summed E-state index contributed by atoms with van der Waals surface area (Å²) >= 11 is 0. The zero-order chi connectivity index (χ0) is 15.1. The number of hydrogen-bond acceptors (Lipinski definition) is 3. The van der Waals surface area contributed by atoms with Crippen LogP contribution in [0.3, 0.4) is 0 Å². The summed E-state index contributed by atoms with van der Waals surface area (Å²) in [6, 6.07) is 8.76. The third-order valence-corrected chi connectivity index (χ3v) is 4.47. The summed E-state index contributed by atoms with van der Waals surface area (Å²) in [6.07, 6.45) is 7.16. The fraction of sp³-hybridized carbons (Fsp3) is 0.611. The first kappa shape index (κ1) is 16.0. The van der Waals surface area contributed by atoms with E-state index in [4.69, 9.17) is 4.74 Å². The van der Waals surface area contributed by atoms with Crippen molar-refractivity contribution in [2.75, 3.05) is 13.2 Å². The van der Waals surface area contributed by atoms with E-state index in [1.807, 2.05) is 12.1 Å². The minimum Gasteiger partial charge on any atom is -0.494 e. The Bertz CT molecular complexity index is 419. The lowest BCUT2D eigenvalue weighted by Crippen LogP contribution is -2.44. The smallest absolute Gasteiger partial charge is 0.150 e. The van der Waals surface area contributed by atoms with Gasteiger partial charge in [0.15, 0.2) is 0 Å². The molecule has 1 aromatic carbocycles. The van der Waals surface area contributed by atoms with Gasteiger partial charge in [0.05, 0.1) is 6.61 Å². The van der Waals surface area contributed by atoms with Gasteiger partial charge in [0.1, 0.15) is 12.0 Å². The van der Waals surface area contributed by atoms with Gasteiger partial charge < -0.3 is 4.74 Å². The lowest BCUT2D eigenvalue weighted by molar-refractivity contribution is 0.0996. The Morgan fingerprint density at radius 2 is 1.81 bits per heavy atom. The quantitative estimate of drug-likeness (QED) is 0.563. The highest BCUT2D eigenvalue weighted by atomic mass is 16.5. The molecule has 21 heavy (non-hydrogen) atoms. The lowest BCUT2D eigenvalue weighted by atomic mass is 9.97. The van der Waals surface area contributed by atoms with Crippen LogP contribution >= 0.6 is 0 Å². The first-order valence-corrected chi connectivity index (χ1v) is 8.14. The molecule has 2 atom stereocenters. The molecule has 0 unspecified atom stereocenters. The maximum atomic E-state index is 10.6. The van der Waals surface area contributed by atoms with Crippen LogP contribution in [0.15, 0.2) is 24.3 Å². The van der Waals surface area contributed by atoms with Gasteiger partial charge in [-0.1, -0.05) is 6.42 Å². The standard InChI is InChI=1S/C18H27NO2/c1-15-6-5-7-16(2)19(15)12-3-4-13-21-18-10-8-17(14-20)9-11-18/h8-11,14-16H,3-7,12-13H2,1-2H3/t15-,16-/m0/s1. The van der Waals surface area contributed by atoms with Gasteiger partial charge in [-0.05, 0) is 70.3 Å². The highest BCUT2D eigenvalue weighted by Gasteiger charge is 2.23. The third kappa shape index (κ3) is 4.85. The average Bonchev–Trinajstić information content (AvgIpc) is 2.50. The molecule has 3 heteroatoms. The number of piperidine rings is 1. The summed E-state index contributed by atoms with van der Waals surface area (Å²) in [7, 11) is 0. The molecule has 1 fully saturated rings. The number of carbonyl (C=O) groups excluding carboxylic acids is 1. The zero-order valence-corrected chi connectivity index (χ0v) is 13.3. The van der Waals surface area contributed by atoms with Crippen molar-refractivity contribution >= 4 is 6.29 Å². The third-order valence-electron chi connectivity index (χ3n) is 4.47. The number of hydrogen-bond donors (Lipinski definition) is 0. The average molecular weight is 289 g/mol. The number of likely N-dealkylation sites (tertiary alicyclic amines) is 1. The molecule has 116 valence electrons. The van der Waals surface area contributed by atoms with Crippen molar-refractivity contribution in [3.05, 3.63) is 29.8 Å². The number of benzene rings is 1. The van der Waals surface area contributed by atoms with E-state index >= 15 is 0 Å². The van der Waals surface area contributed by atoms with Crippen molar-refractivity contribution in [1.82, 2.24) is 4.90 Å². The molecule has 3 nitrogen and oxygen atoms in total. The van der Waals surface area contributed by atoms with Gasteiger partial charge in [0.25, 0.3) is 0 Å². The Hall–Kier alpha value is -1.35. The highest BCUT2D eigenvalue weighted by molar-refractivity contribution is 5.74. The second kappa shape index (κ2) is 8.18. The monoisotopic (exact) mass is 289 g/mol. The zero-order valence-electron chi connectivity index (χ0n) is 13.3. The minimum atomic E-state index is 0.690. The van der Waals surface area contributed by atoms with Crippen molar-refractivity contribution in [1.29, 1.82) is 0 Å². The molecule has 0 spiro atoms. The van der Waals surface area contributed by atoms with E-state index in [1.54, 1.807) is 12.1 Å². The molecule has 1 saturated heterocycles. The predicted molar refractivity (Wildman–Crippen MR) is 86.0 cm³/mol. The van der Waals surface area contributed by atoms with E-state index < -0.39 is 0 Å². The fourth-order valence-electron chi connectivity index (χ4n) is 3.14. The number of rotatable bonds is 7. The number of carbonyl (C=O) groups is 1. The van der Waals surface area contributed by atoms with Crippen molar-refractivity contribution < 1.29 is 9.53 Å². The van der Waals surface area contributed by atoms with Gasteiger partial charge in [0.2, 0.25) is 0 Å². The molecule has 0 aliphatic carbocycles. The van der Waals surface area contributed by atoms with Crippen molar-refractivity contribution in [2.45, 2.75) is 58.0 Å². The Balaban J connectivity index is 1.64. The first-order chi connectivity index (χ1) is 10.2. The van der Waals surface area contributed by atoms with Gasteiger partial charge in [0, 0.05) is 17.6 Å². The fourth-order valence-corrected chi connectivity index (χ4v) is 3.14. The van der Waals surface area contributed by atoms with E-state index in [0.29, 0.717) is 5.56 Å². The number of aldehydes is 1. The molecule has 1 aliphatic rings. The Kier molecular flexibility index (Phi) is 6.24. The Morgan fingerprint density at radius 1 is 1.14 bits per heavy atom. The van der Waals surface area contributed by atoms with Crippen LogP contribution in [0, 0.1) is 0 Å². The van der Waals surface area contributed by atoms with Crippen molar-refractivity contribution in [3.8, 4) is 5.75 Å². The maximum Gasteiger partial charge on any atom is 0.150 e. The molecule has 0 aromatic heterocycles. The summed E-state index contributed by atoms with van der Waals surface area (Å²) < 4.78 is 5.71. The Labute approximate surface area is 128 Å². The van der Waals surface area contributed by atoms with E-state index in [2.05, 4.69) is 18.7 Å². The molecule has 1 heterocycles. The number of unbranched alkanes of at least 4 members (excludes halogenated alkanes) is 1. The van der Waals surface area contributed by atoms with Crippen molar-refractivity contribution in [3.63, 3.8) is 0 Å². The van der Waals surface area contributed by atoms with Crippen LogP contribution in [0.4, 0.5) is 0 Å². The maximum absolute atomic E-state index is 10.6. The van der Waals surface area contributed by atoms with E-state index in [9.17, 15) is 4.79 Å². The summed E-state index contributed by atoms with van der Waals surface area (Å²) in [6.45, 7) is 6.62. The normalized spacial score (nSPS) is 23.0. The topological polar surface area (TPSA) is 29.5 Å². The van der Waals surface area contributed by atoms with Crippen LogP contribution in [-0.4, -0.2) is 36.4 Å². The van der Waals surface area contributed by atoms with Crippen LogP contribution in [0.25, 0.3) is 0 Å². The molecule has 0 amide bonds. The molecule has 0 radical (unpaired) electrons. The van der Waals surface area contributed by atoms with E-state index in [-0.39, 0.29) is 0 Å². The Morgan fingerprint density at radius 3 is 2.43 bits per heavy atom. The summed E-state index contributed by atoms with van der Waals surface area (Å²) in [5.41, 5.74) is 0.690. The van der Waals surface area contributed by atoms with Gasteiger partial charge >= 0.3 is 0 Å². The predicted octanol–water partition coefficient (Wildman–Crippen LogP) is 3.92. The molecule has 0 bridgehead atoms. The van der Waals surface area contributed by atoms with Gasteiger partial charge in [-0.25, -0.2) is 0 Å². The minimum absolute atomic E-state index is 0.690. The largest absolute Gasteiger partial charge is 0.494 e. The molecule has 0 N–H and O–H groups in total. The molecule has 1 aliphatic heterocycles. The van der Waals surface area contributed by atoms with Gasteiger partial charge in [-0.3, -0.25) is 9.69 Å². The van der Waals surface area contributed by atoms with E-state index in [0.717, 1.165) is 37.1 Å². The van der Waals surface area contributed by atoms with Crippen LogP contribution in [-0.2, 0) is 0 Å². The first-order valence-electron chi connectivity index (χ1n) is 8.14. The molecular weight excluding hydrogens is 262 g/mol.